The Morgan fingerprint density at radius 2 is 1.93 bits per heavy atom. The lowest BCUT2D eigenvalue weighted by atomic mass is 10.0. The summed E-state index contributed by atoms with van der Waals surface area (Å²) < 4.78 is 5.65. The number of nitrogens with zero attached hydrogens (tertiary/aromatic N) is 1. The Balaban J connectivity index is 2.33. The first-order valence-corrected chi connectivity index (χ1v) is 9.64. The molecule has 0 spiro atoms. The van der Waals surface area contributed by atoms with Crippen LogP contribution in [0.4, 0.5) is 5.69 Å². The van der Waals surface area contributed by atoms with Gasteiger partial charge in [0, 0.05) is 18.7 Å². The number of non-ortho nitro benzene ring substituents is 1. The molecule has 1 heterocycles. The van der Waals surface area contributed by atoms with Crippen molar-refractivity contribution in [2.24, 2.45) is 11.7 Å². The zero-order valence-electron chi connectivity index (χ0n) is 17.1. The number of benzene rings is 1. The molecular formula is C19H27N5O6. The van der Waals surface area contributed by atoms with Gasteiger partial charge in [-0.3, -0.25) is 24.5 Å². The molecule has 1 aromatic carbocycles. The van der Waals surface area contributed by atoms with Crippen molar-refractivity contribution in [2.45, 2.75) is 45.3 Å². The quantitative estimate of drug-likeness (QED) is 0.396. The van der Waals surface area contributed by atoms with E-state index in [1.54, 1.807) is 6.92 Å². The summed E-state index contributed by atoms with van der Waals surface area (Å²) in [6.45, 7) is 5.35. The fourth-order valence-electron chi connectivity index (χ4n) is 2.91. The number of ether oxygens (including phenoxy) is 1. The van der Waals surface area contributed by atoms with E-state index in [2.05, 4.69) is 16.0 Å². The third-order valence-electron chi connectivity index (χ3n) is 4.46. The topological polar surface area (TPSA) is 166 Å². The van der Waals surface area contributed by atoms with E-state index in [0.717, 1.165) is 6.07 Å². The van der Waals surface area contributed by atoms with Gasteiger partial charge in [0.05, 0.1) is 16.5 Å². The van der Waals surface area contributed by atoms with Crippen LogP contribution in [-0.2, 0) is 9.59 Å². The van der Waals surface area contributed by atoms with Crippen molar-refractivity contribution in [1.29, 1.82) is 0 Å². The molecule has 0 saturated heterocycles. The summed E-state index contributed by atoms with van der Waals surface area (Å²) in [5.74, 6) is -1.36. The van der Waals surface area contributed by atoms with Crippen molar-refractivity contribution in [2.75, 3.05) is 13.2 Å². The van der Waals surface area contributed by atoms with Gasteiger partial charge in [-0.2, -0.15) is 0 Å². The molecule has 0 radical (unpaired) electrons. The van der Waals surface area contributed by atoms with Crippen LogP contribution in [0, 0.1) is 16.0 Å². The number of nitrogens with one attached hydrogen (secondary N) is 3. The van der Waals surface area contributed by atoms with E-state index in [9.17, 15) is 24.5 Å². The average molecular weight is 421 g/mol. The van der Waals surface area contributed by atoms with Crippen molar-refractivity contribution in [3.63, 3.8) is 0 Å². The summed E-state index contributed by atoms with van der Waals surface area (Å²) >= 11 is 0. The zero-order chi connectivity index (χ0) is 22.4. The summed E-state index contributed by atoms with van der Waals surface area (Å²) in [4.78, 5) is 48.1. The molecule has 3 atom stereocenters. The van der Waals surface area contributed by atoms with Gasteiger partial charge in [-0.05, 0) is 25.3 Å². The molecule has 30 heavy (non-hydrogen) atoms. The second kappa shape index (κ2) is 10.0. The van der Waals surface area contributed by atoms with E-state index < -0.39 is 34.9 Å². The molecule has 1 aliphatic rings. The van der Waals surface area contributed by atoms with Gasteiger partial charge in [0.2, 0.25) is 11.8 Å². The minimum atomic E-state index is -1.11. The van der Waals surface area contributed by atoms with E-state index in [0.29, 0.717) is 6.42 Å². The molecule has 5 N–H and O–H groups in total. The molecule has 0 aliphatic carbocycles. The fourth-order valence-corrected chi connectivity index (χ4v) is 2.91. The Labute approximate surface area is 173 Å². The minimum absolute atomic E-state index is 0.0195. The Morgan fingerprint density at radius 3 is 2.57 bits per heavy atom. The van der Waals surface area contributed by atoms with Gasteiger partial charge in [0.15, 0.2) is 0 Å². The van der Waals surface area contributed by atoms with Crippen LogP contribution >= 0.6 is 0 Å². The minimum Gasteiger partial charge on any atom is -0.491 e. The standard InChI is InChI=1S/C19H27N5O6/c1-10(2)6-15-19(27)22-11(3)9-30-16-5-4-12(24(28)29)7-13(16)17(25)21-8-14(20)18(26)23-15/h4-5,7,10-11,14-15H,6,8-9,20H2,1-3H3,(H,21,25)(H,22,27)(H,23,26)/t11-,14-,15-/m0/s1. The SMILES string of the molecule is CC(C)C[C@@H]1NC(=O)[C@@H](N)CNC(=O)c2cc([N+](=O)[O-])ccc2OC[C@H](C)NC1=O. The van der Waals surface area contributed by atoms with Crippen LogP contribution in [0.1, 0.15) is 37.6 Å². The number of nitro groups is 1. The second-order valence-electron chi connectivity index (χ2n) is 7.67. The molecule has 11 heteroatoms. The Kier molecular flexibility index (Phi) is 7.70. The maximum atomic E-state index is 12.6. The van der Waals surface area contributed by atoms with Gasteiger partial charge in [0.25, 0.3) is 11.6 Å². The molecule has 0 unspecified atom stereocenters. The van der Waals surface area contributed by atoms with Crippen molar-refractivity contribution in [1.82, 2.24) is 16.0 Å². The van der Waals surface area contributed by atoms with E-state index >= 15 is 0 Å². The average Bonchev–Trinajstić information content (AvgIpc) is 2.68. The number of amides is 3. The van der Waals surface area contributed by atoms with Crippen LogP contribution in [-0.4, -0.2) is 53.9 Å². The van der Waals surface area contributed by atoms with E-state index in [1.165, 1.54) is 12.1 Å². The van der Waals surface area contributed by atoms with Gasteiger partial charge < -0.3 is 26.4 Å². The monoisotopic (exact) mass is 421 g/mol. The Hall–Kier alpha value is -3.21. The van der Waals surface area contributed by atoms with Crippen molar-refractivity contribution in [3.05, 3.63) is 33.9 Å². The summed E-state index contributed by atoms with van der Waals surface area (Å²) in [5.41, 5.74) is 5.51. The number of nitro benzene ring substituents is 1. The normalized spacial score (nSPS) is 23.4. The molecule has 0 saturated carbocycles. The highest BCUT2D eigenvalue weighted by Gasteiger charge is 2.27. The highest BCUT2D eigenvalue weighted by Crippen LogP contribution is 2.24. The zero-order valence-corrected chi connectivity index (χ0v) is 17.1. The van der Waals surface area contributed by atoms with Crippen molar-refractivity contribution >= 4 is 23.4 Å². The van der Waals surface area contributed by atoms with E-state index in [-0.39, 0.29) is 42.0 Å². The van der Waals surface area contributed by atoms with Crippen LogP contribution in [0.5, 0.6) is 5.75 Å². The lowest BCUT2D eigenvalue weighted by Crippen LogP contribution is -2.56. The third kappa shape index (κ3) is 6.14. The highest BCUT2D eigenvalue weighted by atomic mass is 16.6. The third-order valence-corrected chi connectivity index (χ3v) is 4.46. The van der Waals surface area contributed by atoms with Crippen LogP contribution < -0.4 is 26.4 Å². The Morgan fingerprint density at radius 1 is 1.23 bits per heavy atom. The van der Waals surface area contributed by atoms with Gasteiger partial charge in [-0.1, -0.05) is 13.8 Å². The predicted molar refractivity (Wildman–Crippen MR) is 108 cm³/mol. The molecule has 1 aliphatic heterocycles. The molecule has 0 fully saturated rings. The van der Waals surface area contributed by atoms with Crippen molar-refractivity contribution in [3.8, 4) is 5.75 Å². The highest BCUT2D eigenvalue weighted by molar-refractivity contribution is 5.98. The molecule has 1 aromatic rings. The number of fused-ring (bicyclic) bond motifs is 1. The molecule has 0 bridgehead atoms. The molecule has 164 valence electrons. The molecule has 0 aromatic heterocycles. The van der Waals surface area contributed by atoms with Gasteiger partial charge in [-0.15, -0.1) is 0 Å². The van der Waals surface area contributed by atoms with Crippen LogP contribution in [0.25, 0.3) is 0 Å². The maximum Gasteiger partial charge on any atom is 0.270 e. The van der Waals surface area contributed by atoms with Crippen LogP contribution in [0.15, 0.2) is 18.2 Å². The van der Waals surface area contributed by atoms with E-state index in [1.807, 2.05) is 13.8 Å². The lowest BCUT2D eigenvalue weighted by molar-refractivity contribution is -0.384. The first kappa shape index (κ1) is 23.1. The molecule has 11 nitrogen and oxygen atoms in total. The maximum absolute atomic E-state index is 12.6. The smallest absolute Gasteiger partial charge is 0.270 e. The predicted octanol–water partition coefficient (Wildman–Crippen LogP) is 0.0799. The molecule has 2 rings (SSSR count). The van der Waals surface area contributed by atoms with Gasteiger partial charge in [0.1, 0.15) is 24.4 Å². The number of rotatable bonds is 3. The first-order valence-electron chi connectivity index (χ1n) is 9.64. The second-order valence-corrected chi connectivity index (χ2v) is 7.67. The number of hydrogen-bond acceptors (Lipinski definition) is 7. The summed E-state index contributed by atoms with van der Waals surface area (Å²) in [7, 11) is 0. The van der Waals surface area contributed by atoms with Crippen molar-refractivity contribution < 1.29 is 24.0 Å². The fraction of sp³-hybridized carbons (Fsp3) is 0.526. The number of nitrogens with two attached hydrogens (primary N) is 1. The summed E-state index contributed by atoms with van der Waals surface area (Å²) in [6.07, 6.45) is 0.413. The van der Waals surface area contributed by atoms with Gasteiger partial charge in [-0.25, -0.2) is 0 Å². The Bertz CT molecular complexity index is 828. The molecule has 3 amide bonds. The lowest BCUT2D eigenvalue weighted by Gasteiger charge is -2.25. The summed E-state index contributed by atoms with van der Waals surface area (Å²) in [5, 5.41) is 18.9. The van der Waals surface area contributed by atoms with E-state index in [4.69, 9.17) is 10.5 Å². The van der Waals surface area contributed by atoms with Gasteiger partial charge >= 0.3 is 0 Å². The van der Waals surface area contributed by atoms with Crippen LogP contribution in [0.2, 0.25) is 0 Å². The largest absolute Gasteiger partial charge is 0.491 e. The van der Waals surface area contributed by atoms with Crippen LogP contribution in [0.3, 0.4) is 0 Å². The number of carbonyl (C=O) groups is 3. The first-order chi connectivity index (χ1) is 14.1. The summed E-state index contributed by atoms with van der Waals surface area (Å²) in [6, 6.07) is 1.29. The number of hydrogen-bond donors (Lipinski definition) is 4. The number of carbonyl (C=O) groups excluding carboxylic acids is 3. The molecular weight excluding hydrogens is 394 g/mol.